The minimum atomic E-state index is -0.236. The van der Waals surface area contributed by atoms with Crippen molar-refractivity contribution in [1.82, 2.24) is 0 Å². The van der Waals surface area contributed by atoms with Crippen LogP contribution in [0.15, 0.2) is 24.3 Å². The number of hydrogen-bond acceptors (Lipinski definition) is 2. The van der Waals surface area contributed by atoms with E-state index in [1.807, 2.05) is 24.3 Å². The second-order valence-electron chi connectivity index (χ2n) is 10.3. The molecule has 4 heteroatoms. The van der Waals surface area contributed by atoms with Crippen molar-refractivity contribution >= 4 is 43.7 Å². The van der Waals surface area contributed by atoms with Gasteiger partial charge in [-0.3, -0.25) is 0 Å². The first-order chi connectivity index (χ1) is 15.0. The number of hydrogen-bond donors (Lipinski definition) is 0. The van der Waals surface area contributed by atoms with Gasteiger partial charge in [0.05, 0.1) is 36.4 Å². The lowest BCUT2D eigenvalue weighted by Crippen LogP contribution is -2.12. The van der Waals surface area contributed by atoms with Gasteiger partial charge >= 0.3 is 0 Å². The van der Waals surface area contributed by atoms with Crippen molar-refractivity contribution in [2.45, 2.75) is 52.4 Å². The van der Waals surface area contributed by atoms with Crippen molar-refractivity contribution in [3.05, 3.63) is 69.4 Å². The molecule has 0 saturated carbocycles. The Hall–Kier alpha value is -4.12. The second kappa shape index (κ2) is 6.69. The molecular formula is C28H22N4. The molecule has 0 N–H and O–H groups in total. The zero-order valence-corrected chi connectivity index (χ0v) is 19.1. The van der Waals surface area contributed by atoms with Crippen LogP contribution in [-0.2, 0) is 10.8 Å². The molecule has 4 rings (SSSR count). The van der Waals surface area contributed by atoms with Crippen LogP contribution in [0.25, 0.3) is 42.0 Å². The summed E-state index contributed by atoms with van der Waals surface area (Å²) in [5.41, 5.74) is 2.72. The minimum absolute atomic E-state index is 0.234. The van der Waals surface area contributed by atoms with E-state index in [9.17, 15) is 10.5 Å². The van der Waals surface area contributed by atoms with Crippen LogP contribution >= 0.6 is 0 Å². The first-order valence-electron chi connectivity index (χ1n) is 10.4. The summed E-state index contributed by atoms with van der Waals surface area (Å²) in [5, 5.41) is 24.5. The summed E-state index contributed by atoms with van der Waals surface area (Å²) in [6.07, 6.45) is 0. The van der Waals surface area contributed by atoms with E-state index in [1.165, 1.54) is 0 Å². The molecule has 154 valence electrons. The average Bonchev–Trinajstić information content (AvgIpc) is 2.73. The topological polar surface area (TPSA) is 56.3 Å². The maximum Gasteiger partial charge on any atom is 0.212 e. The molecule has 0 saturated heterocycles. The van der Waals surface area contributed by atoms with Crippen molar-refractivity contribution in [2.75, 3.05) is 0 Å². The third-order valence-electron chi connectivity index (χ3n) is 6.23. The van der Waals surface area contributed by atoms with Gasteiger partial charge in [0.2, 0.25) is 11.4 Å². The van der Waals surface area contributed by atoms with E-state index in [4.69, 9.17) is 13.1 Å². The highest BCUT2D eigenvalue weighted by Crippen LogP contribution is 2.50. The molecule has 0 atom stereocenters. The summed E-state index contributed by atoms with van der Waals surface area (Å²) >= 11 is 0. The monoisotopic (exact) mass is 414 g/mol. The fourth-order valence-corrected chi connectivity index (χ4v) is 4.44. The third-order valence-corrected chi connectivity index (χ3v) is 6.23. The van der Waals surface area contributed by atoms with E-state index in [-0.39, 0.29) is 10.8 Å². The predicted molar refractivity (Wildman–Crippen MR) is 130 cm³/mol. The molecule has 0 bridgehead atoms. The van der Waals surface area contributed by atoms with Crippen molar-refractivity contribution < 1.29 is 0 Å². The molecular weight excluding hydrogens is 392 g/mol. The normalized spacial score (nSPS) is 11.9. The van der Waals surface area contributed by atoms with Crippen LogP contribution in [-0.4, -0.2) is 0 Å². The summed E-state index contributed by atoms with van der Waals surface area (Å²) < 4.78 is 0. The summed E-state index contributed by atoms with van der Waals surface area (Å²) in [6, 6.07) is 12.5. The van der Waals surface area contributed by atoms with Crippen LogP contribution in [0.4, 0.5) is 11.4 Å². The molecule has 0 aromatic heterocycles. The summed E-state index contributed by atoms with van der Waals surface area (Å²) in [6.45, 7) is 28.2. The molecule has 0 aliphatic rings. The van der Waals surface area contributed by atoms with Crippen molar-refractivity contribution in [3.8, 4) is 12.1 Å². The van der Waals surface area contributed by atoms with Gasteiger partial charge in [0.25, 0.3) is 0 Å². The Labute approximate surface area is 188 Å². The fraction of sp³-hybridized carbons (Fsp3) is 0.286. The van der Waals surface area contributed by atoms with Crippen LogP contribution in [0.5, 0.6) is 0 Å². The van der Waals surface area contributed by atoms with Gasteiger partial charge in [0.1, 0.15) is 0 Å². The predicted octanol–water partition coefficient (Wildman–Crippen LogP) is 8.02. The van der Waals surface area contributed by atoms with E-state index < -0.39 is 0 Å². The van der Waals surface area contributed by atoms with Crippen LogP contribution in [0.2, 0.25) is 0 Å². The number of rotatable bonds is 0. The first kappa shape index (κ1) is 21.1. The molecule has 0 aliphatic carbocycles. The smallest absolute Gasteiger partial charge is 0.212 e. The van der Waals surface area contributed by atoms with Gasteiger partial charge in [-0.1, -0.05) is 65.8 Å². The Morgan fingerprint density at radius 2 is 0.938 bits per heavy atom. The lowest BCUT2D eigenvalue weighted by atomic mass is 9.78. The van der Waals surface area contributed by atoms with E-state index in [1.54, 1.807) is 0 Å². The van der Waals surface area contributed by atoms with E-state index >= 15 is 0 Å². The number of nitrogens with zero attached hydrogens (tertiary/aromatic N) is 4. The minimum Gasteiger partial charge on any atom is -0.236 e. The van der Waals surface area contributed by atoms with E-state index in [0.717, 1.165) is 21.9 Å². The molecule has 0 radical (unpaired) electrons. The van der Waals surface area contributed by atoms with Crippen LogP contribution in [0.1, 0.15) is 63.8 Å². The van der Waals surface area contributed by atoms with E-state index in [2.05, 4.69) is 63.4 Å². The molecule has 32 heavy (non-hydrogen) atoms. The Kier molecular flexibility index (Phi) is 4.42. The Morgan fingerprint density at radius 3 is 1.22 bits per heavy atom. The van der Waals surface area contributed by atoms with Gasteiger partial charge in [-0.15, -0.1) is 0 Å². The Morgan fingerprint density at radius 1 is 0.625 bits per heavy atom. The molecule has 0 aliphatic heterocycles. The highest BCUT2D eigenvalue weighted by atomic mass is 14.7. The third kappa shape index (κ3) is 2.78. The van der Waals surface area contributed by atoms with Crippen molar-refractivity contribution in [1.29, 1.82) is 10.5 Å². The molecule has 4 aromatic carbocycles. The van der Waals surface area contributed by atoms with Crippen LogP contribution in [0.3, 0.4) is 0 Å². The van der Waals surface area contributed by atoms with Gasteiger partial charge in [-0.25, -0.2) is 9.69 Å². The maximum absolute atomic E-state index is 10.1. The highest BCUT2D eigenvalue weighted by Gasteiger charge is 2.27. The lowest BCUT2D eigenvalue weighted by molar-refractivity contribution is 0.591. The van der Waals surface area contributed by atoms with Gasteiger partial charge in [-0.2, -0.15) is 10.5 Å². The molecule has 0 fully saturated rings. The van der Waals surface area contributed by atoms with Gasteiger partial charge in [0.15, 0.2) is 0 Å². The van der Waals surface area contributed by atoms with Crippen molar-refractivity contribution in [2.24, 2.45) is 0 Å². The molecule has 4 nitrogen and oxygen atoms in total. The summed E-state index contributed by atoms with van der Waals surface area (Å²) in [5.74, 6) is 0. The first-order valence-corrected chi connectivity index (χ1v) is 10.4. The van der Waals surface area contributed by atoms with Crippen LogP contribution in [0, 0.1) is 35.8 Å². The van der Waals surface area contributed by atoms with Gasteiger partial charge in [-0.05, 0) is 54.3 Å². The maximum atomic E-state index is 10.1. The quantitative estimate of drug-likeness (QED) is 0.216. The van der Waals surface area contributed by atoms with Gasteiger partial charge in [0, 0.05) is 0 Å². The SMILES string of the molecule is [C-]#[N+]c1c(C#N)c2cc(C(C)(C)C)cc3c(C#N)c([N+]#[C-])c4cc(C(C)(C)C)cc1c4c23. The highest BCUT2D eigenvalue weighted by molar-refractivity contribution is 6.32. The molecule has 4 aromatic rings. The summed E-state index contributed by atoms with van der Waals surface area (Å²) in [7, 11) is 0. The number of benzene rings is 4. The zero-order valence-electron chi connectivity index (χ0n) is 19.1. The standard InChI is InChI=1S/C28H22N4/c1-27(2,3)15-9-17-21(13-29)25(31-7)19-11-16(28(4,5)6)12-20-24(19)23(17)18(10-15)22(14-30)26(20)32-8/h9-12H,1-6H3. The van der Waals surface area contributed by atoms with E-state index in [0.29, 0.717) is 44.0 Å². The summed E-state index contributed by atoms with van der Waals surface area (Å²) in [4.78, 5) is 7.58. The van der Waals surface area contributed by atoms with Crippen LogP contribution < -0.4 is 0 Å². The average molecular weight is 415 g/mol. The molecule has 0 unspecified atom stereocenters. The van der Waals surface area contributed by atoms with Crippen molar-refractivity contribution in [3.63, 3.8) is 0 Å². The largest absolute Gasteiger partial charge is 0.236 e. The Balaban J connectivity index is 2.50. The molecule has 0 spiro atoms. The lowest BCUT2D eigenvalue weighted by Gasteiger charge is -2.25. The molecule has 0 heterocycles. The zero-order chi connectivity index (χ0) is 23.6. The second-order valence-corrected chi connectivity index (χ2v) is 10.3. The van der Waals surface area contributed by atoms with Gasteiger partial charge < -0.3 is 0 Å². The Bertz CT molecular complexity index is 1390. The fourth-order valence-electron chi connectivity index (χ4n) is 4.44. The molecule has 0 amide bonds. The number of nitriles is 2.